The Morgan fingerprint density at radius 1 is 1.14 bits per heavy atom. The number of rotatable bonds is 2. The van der Waals surface area contributed by atoms with Crippen molar-refractivity contribution >= 4 is 17.8 Å². The van der Waals surface area contributed by atoms with Gasteiger partial charge in [0.25, 0.3) is 0 Å². The van der Waals surface area contributed by atoms with E-state index in [9.17, 15) is 14.4 Å². The van der Waals surface area contributed by atoms with Crippen LogP contribution in [0.2, 0.25) is 0 Å². The van der Waals surface area contributed by atoms with E-state index >= 15 is 0 Å². The van der Waals surface area contributed by atoms with Gasteiger partial charge in [0.15, 0.2) is 0 Å². The fraction of sp³-hybridized carbons (Fsp3) is 0.800. The lowest BCUT2D eigenvalue weighted by molar-refractivity contribution is -0.155. The highest BCUT2D eigenvalue weighted by Crippen LogP contribution is 2.42. The van der Waals surface area contributed by atoms with Crippen LogP contribution in [0.25, 0.3) is 0 Å². The number of nitrogens with one attached hydrogen (secondary N) is 1. The van der Waals surface area contributed by atoms with Crippen molar-refractivity contribution in [3.8, 4) is 0 Å². The number of hydrogen-bond acceptors (Lipinski definition) is 4. The largest absolute Gasteiger partial charge is 0.381 e. The predicted octanol–water partition coefficient (Wildman–Crippen LogP) is 1.58. The number of hydrogen-bond donors (Lipinski definition) is 1. The fourth-order valence-electron chi connectivity index (χ4n) is 3.99. The molecule has 2 unspecified atom stereocenters. The van der Waals surface area contributed by atoms with Gasteiger partial charge >= 0.3 is 6.03 Å². The van der Waals surface area contributed by atoms with Crippen LogP contribution in [0.1, 0.15) is 51.4 Å². The van der Waals surface area contributed by atoms with Crippen molar-refractivity contribution in [3.05, 3.63) is 0 Å². The Morgan fingerprint density at radius 2 is 1.86 bits per heavy atom. The summed E-state index contributed by atoms with van der Waals surface area (Å²) in [5.41, 5.74) is -1.00. The van der Waals surface area contributed by atoms with Crippen molar-refractivity contribution in [2.75, 3.05) is 7.11 Å². The first-order valence-corrected chi connectivity index (χ1v) is 7.80. The van der Waals surface area contributed by atoms with Gasteiger partial charge in [-0.1, -0.05) is 19.3 Å². The van der Waals surface area contributed by atoms with Gasteiger partial charge in [-0.05, 0) is 32.1 Å². The van der Waals surface area contributed by atoms with E-state index in [1.165, 1.54) is 4.90 Å². The molecule has 2 atom stereocenters. The minimum Gasteiger partial charge on any atom is -0.381 e. The van der Waals surface area contributed by atoms with E-state index in [2.05, 4.69) is 5.32 Å². The second kappa shape index (κ2) is 5.40. The lowest BCUT2D eigenvalue weighted by Gasteiger charge is -2.43. The van der Waals surface area contributed by atoms with Crippen molar-refractivity contribution in [2.24, 2.45) is 5.41 Å². The second-order valence-electron chi connectivity index (χ2n) is 6.40. The summed E-state index contributed by atoms with van der Waals surface area (Å²) in [5, 5.41) is 2.42. The Labute approximate surface area is 124 Å². The lowest BCUT2D eigenvalue weighted by Crippen LogP contribution is -2.66. The summed E-state index contributed by atoms with van der Waals surface area (Å²) in [5.74, 6) is -0.674. The minimum atomic E-state index is -1.00. The van der Waals surface area contributed by atoms with Gasteiger partial charge < -0.3 is 4.74 Å². The summed E-state index contributed by atoms with van der Waals surface area (Å²) in [6.45, 7) is 0. The highest BCUT2D eigenvalue weighted by atomic mass is 16.5. The number of imide groups is 2. The topological polar surface area (TPSA) is 75.7 Å². The maximum absolute atomic E-state index is 12.9. The first kappa shape index (κ1) is 14.5. The van der Waals surface area contributed by atoms with E-state index in [1.54, 1.807) is 7.11 Å². The highest BCUT2D eigenvalue weighted by molar-refractivity contribution is 6.19. The van der Waals surface area contributed by atoms with E-state index in [0.29, 0.717) is 19.3 Å². The van der Waals surface area contributed by atoms with Crippen LogP contribution in [0.15, 0.2) is 0 Å². The van der Waals surface area contributed by atoms with E-state index in [0.717, 1.165) is 32.1 Å². The Balaban J connectivity index is 1.85. The van der Waals surface area contributed by atoms with Gasteiger partial charge in [0.1, 0.15) is 5.41 Å². The number of carbonyl (C=O) groups is 3. The number of nitrogens with zero attached hydrogens (tertiary/aromatic N) is 1. The molecule has 1 spiro atoms. The van der Waals surface area contributed by atoms with Crippen LogP contribution >= 0.6 is 0 Å². The SMILES string of the molecule is COC1CCC(N2C(=O)NC(=O)C3(CCCCC3)C2=O)C1. The van der Waals surface area contributed by atoms with Gasteiger partial charge in [0, 0.05) is 13.2 Å². The van der Waals surface area contributed by atoms with Gasteiger partial charge in [-0.3, -0.25) is 19.8 Å². The molecule has 1 saturated heterocycles. The molecule has 0 aromatic rings. The molecule has 1 heterocycles. The first-order valence-electron chi connectivity index (χ1n) is 7.80. The van der Waals surface area contributed by atoms with Crippen LogP contribution in [0.3, 0.4) is 0 Å². The number of carbonyl (C=O) groups excluding carboxylic acids is 3. The van der Waals surface area contributed by atoms with Crippen LogP contribution < -0.4 is 5.32 Å². The summed E-state index contributed by atoms with van der Waals surface area (Å²) < 4.78 is 5.32. The van der Waals surface area contributed by atoms with Crippen LogP contribution in [0.4, 0.5) is 4.79 Å². The van der Waals surface area contributed by atoms with Crippen molar-refractivity contribution in [1.82, 2.24) is 10.2 Å². The molecular weight excluding hydrogens is 272 g/mol. The predicted molar refractivity (Wildman–Crippen MR) is 74.3 cm³/mol. The van der Waals surface area contributed by atoms with Crippen molar-refractivity contribution in [3.63, 3.8) is 0 Å². The third kappa shape index (κ3) is 2.25. The molecule has 0 aromatic carbocycles. The van der Waals surface area contributed by atoms with E-state index < -0.39 is 17.4 Å². The molecule has 2 aliphatic carbocycles. The molecule has 3 rings (SSSR count). The lowest BCUT2D eigenvalue weighted by atomic mass is 9.71. The zero-order valence-corrected chi connectivity index (χ0v) is 12.4. The Kier molecular flexibility index (Phi) is 3.73. The van der Waals surface area contributed by atoms with Crippen LogP contribution in [0, 0.1) is 5.41 Å². The fourth-order valence-corrected chi connectivity index (χ4v) is 3.99. The van der Waals surface area contributed by atoms with E-state index in [1.807, 2.05) is 0 Å². The summed E-state index contributed by atoms with van der Waals surface area (Å²) in [6.07, 6.45) is 6.26. The molecule has 3 fully saturated rings. The van der Waals surface area contributed by atoms with Gasteiger partial charge in [0.2, 0.25) is 11.8 Å². The molecule has 1 aliphatic heterocycles. The summed E-state index contributed by atoms with van der Waals surface area (Å²) in [4.78, 5) is 38.6. The van der Waals surface area contributed by atoms with Crippen LogP contribution in [-0.2, 0) is 14.3 Å². The molecule has 3 aliphatic rings. The molecule has 6 nitrogen and oxygen atoms in total. The number of barbiturate groups is 1. The van der Waals surface area contributed by atoms with Crippen molar-refractivity contribution in [2.45, 2.75) is 63.5 Å². The van der Waals surface area contributed by atoms with Gasteiger partial charge in [-0.15, -0.1) is 0 Å². The zero-order valence-electron chi connectivity index (χ0n) is 12.4. The summed E-state index contributed by atoms with van der Waals surface area (Å²) in [6, 6.07) is -0.697. The number of amides is 4. The van der Waals surface area contributed by atoms with Gasteiger partial charge in [-0.25, -0.2) is 4.79 Å². The highest BCUT2D eigenvalue weighted by Gasteiger charge is 2.55. The van der Waals surface area contributed by atoms with Gasteiger partial charge in [-0.2, -0.15) is 0 Å². The number of ether oxygens (including phenoxy) is 1. The standard InChI is InChI=1S/C15H22N2O4/c1-21-11-6-5-10(9-11)17-13(19)15(7-3-2-4-8-15)12(18)16-14(17)20/h10-11H,2-9H2,1H3,(H,16,18,20). The minimum absolute atomic E-state index is 0.0931. The Hall–Kier alpha value is -1.43. The van der Waals surface area contributed by atoms with Gasteiger partial charge in [0.05, 0.1) is 6.10 Å². The Morgan fingerprint density at radius 3 is 2.48 bits per heavy atom. The van der Waals surface area contributed by atoms with Crippen LogP contribution in [0.5, 0.6) is 0 Å². The van der Waals surface area contributed by atoms with E-state index in [-0.39, 0.29) is 18.1 Å². The monoisotopic (exact) mass is 294 g/mol. The molecule has 6 heteroatoms. The average Bonchev–Trinajstić information content (AvgIpc) is 2.95. The molecule has 0 radical (unpaired) electrons. The molecule has 4 amide bonds. The summed E-state index contributed by atoms with van der Waals surface area (Å²) >= 11 is 0. The second-order valence-corrected chi connectivity index (χ2v) is 6.40. The van der Waals surface area contributed by atoms with Crippen molar-refractivity contribution in [1.29, 1.82) is 0 Å². The molecule has 1 N–H and O–H groups in total. The normalized spacial score (nSPS) is 32.6. The zero-order chi connectivity index (χ0) is 15.0. The van der Waals surface area contributed by atoms with Crippen molar-refractivity contribution < 1.29 is 19.1 Å². The van der Waals surface area contributed by atoms with Crippen LogP contribution in [-0.4, -0.2) is 42.0 Å². The third-order valence-electron chi connectivity index (χ3n) is 5.26. The molecule has 116 valence electrons. The summed E-state index contributed by atoms with van der Waals surface area (Å²) in [7, 11) is 1.65. The Bertz CT molecular complexity index is 470. The molecular formula is C15H22N2O4. The molecule has 0 aromatic heterocycles. The maximum Gasteiger partial charge on any atom is 0.331 e. The number of methoxy groups -OCH3 is 1. The average molecular weight is 294 g/mol. The maximum atomic E-state index is 12.9. The van der Waals surface area contributed by atoms with E-state index in [4.69, 9.17) is 4.74 Å². The molecule has 21 heavy (non-hydrogen) atoms. The third-order valence-corrected chi connectivity index (χ3v) is 5.26. The smallest absolute Gasteiger partial charge is 0.331 e. The first-order chi connectivity index (χ1) is 10.1. The molecule has 2 saturated carbocycles. The number of urea groups is 1. The molecule has 0 bridgehead atoms. The quantitative estimate of drug-likeness (QED) is 0.785.